The minimum Gasteiger partial charge on any atom is -0.314 e. The highest BCUT2D eigenvalue weighted by molar-refractivity contribution is 7.47. The smallest absolute Gasteiger partial charge is 0.314 e. The summed E-state index contributed by atoms with van der Waals surface area (Å²) < 4.78 is 3.06. The van der Waals surface area contributed by atoms with Crippen molar-refractivity contribution in [1.82, 2.24) is 4.57 Å². The Kier molecular flexibility index (Phi) is 9.32. The molecule has 0 amide bonds. The first-order chi connectivity index (χ1) is 25.2. The summed E-state index contributed by atoms with van der Waals surface area (Å²) in [6.45, 7) is 19.3. The standard InChI is InChI=1S/C47H65Cl2N3Si/c1-29(2)39-11-9-12-40(30(3)4)44(39)50-27-43(51(28-50)45-41(31(5)6)13-10-14-42(45)32(7)8)53(48,49)52(46-21-33-15-34(22-46)17-35(16-33)23-46)47-24-36-18-37(25-47)20-38(19-36)26-47/h9-14,27,29-38H,15-26H2,1-8H3. The molecular formula is C47H65Cl2N3Si. The molecule has 0 N–H and O–H groups in total. The lowest BCUT2D eigenvalue weighted by molar-refractivity contribution is -0.141. The molecule has 0 aromatic heterocycles. The summed E-state index contributed by atoms with van der Waals surface area (Å²) in [6, 6.07) is 13.9. The molecule has 3 nitrogen and oxygen atoms in total. The molecule has 8 fully saturated rings. The molecule has 0 saturated heterocycles. The molecule has 286 valence electrons. The normalized spacial score (nSPS) is 34.7. The van der Waals surface area contributed by atoms with Crippen LogP contribution in [-0.2, 0) is 0 Å². The van der Waals surface area contributed by atoms with E-state index in [9.17, 15) is 0 Å². The summed E-state index contributed by atoms with van der Waals surface area (Å²) in [5, 5.41) is 1.12. The Labute approximate surface area is 332 Å². The van der Waals surface area contributed by atoms with Crippen LogP contribution >= 0.6 is 22.2 Å². The van der Waals surface area contributed by atoms with Gasteiger partial charge in [0, 0.05) is 17.3 Å². The zero-order valence-electron chi connectivity index (χ0n) is 33.9. The van der Waals surface area contributed by atoms with Crippen LogP contribution in [0.3, 0.4) is 0 Å². The topological polar surface area (TPSA) is 9.72 Å². The van der Waals surface area contributed by atoms with Crippen LogP contribution in [0, 0.1) is 42.2 Å². The minimum absolute atomic E-state index is 0.105. The summed E-state index contributed by atoms with van der Waals surface area (Å²) in [4.78, 5) is 4.79. The number of para-hydroxylation sites is 2. The molecule has 53 heavy (non-hydrogen) atoms. The zero-order valence-corrected chi connectivity index (χ0v) is 36.4. The van der Waals surface area contributed by atoms with Crippen LogP contribution in [0.4, 0.5) is 11.4 Å². The Balaban J connectivity index is 1.27. The molecule has 2 aromatic carbocycles. The number of benzene rings is 2. The van der Waals surface area contributed by atoms with Crippen molar-refractivity contribution in [2.45, 2.75) is 167 Å². The molecule has 6 heteroatoms. The van der Waals surface area contributed by atoms with Gasteiger partial charge in [-0.2, -0.15) is 0 Å². The first-order valence-electron chi connectivity index (χ1n) is 21.7. The fourth-order valence-electron chi connectivity index (χ4n) is 14.3. The highest BCUT2D eigenvalue weighted by atomic mass is 35.7. The van der Waals surface area contributed by atoms with Crippen molar-refractivity contribution in [2.24, 2.45) is 35.5 Å². The van der Waals surface area contributed by atoms with Crippen molar-refractivity contribution in [2.75, 3.05) is 9.80 Å². The van der Waals surface area contributed by atoms with E-state index in [0.717, 1.165) is 40.8 Å². The molecule has 9 aliphatic rings. The maximum atomic E-state index is 8.70. The monoisotopic (exact) mass is 769 g/mol. The second-order valence-electron chi connectivity index (χ2n) is 20.7. The van der Waals surface area contributed by atoms with Gasteiger partial charge in [0.15, 0.2) is 0 Å². The predicted octanol–water partition coefficient (Wildman–Crippen LogP) is 13.5. The van der Waals surface area contributed by atoms with Crippen molar-refractivity contribution < 1.29 is 0 Å². The van der Waals surface area contributed by atoms with E-state index in [1.165, 1.54) is 111 Å². The van der Waals surface area contributed by atoms with Crippen LogP contribution in [0.1, 0.15) is 178 Å². The van der Waals surface area contributed by atoms with Crippen LogP contribution in [0.5, 0.6) is 0 Å². The van der Waals surface area contributed by atoms with Gasteiger partial charge < -0.3 is 9.80 Å². The predicted molar refractivity (Wildman–Crippen MR) is 227 cm³/mol. The number of anilines is 2. The third-order valence-electron chi connectivity index (χ3n) is 15.4. The average Bonchev–Trinajstić information content (AvgIpc) is 3.52. The van der Waals surface area contributed by atoms with Crippen LogP contribution in [-0.4, -0.2) is 22.5 Å². The summed E-state index contributed by atoms with van der Waals surface area (Å²) in [5.41, 5.74) is 8.16. The van der Waals surface area contributed by atoms with E-state index in [1.807, 2.05) is 0 Å². The number of nitrogens with zero attached hydrogens (tertiary/aromatic N) is 3. The molecular weight excluding hydrogens is 706 g/mol. The SMILES string of the molecule is CC(C)c1cccc(C(C)C)c1N1[C]N(c2c(C(C)C)cccc2C(C)C)C([Si](Cl)(Cl)N(C23CC4CC(CC(C4)C2)C3)C23CC4CC(CC(C4)C2)C3)=C1. The molecule has 0 unspecified atom stereocenters. The van der Waals surface area contributed by atoms with Crippen LogP contribution in [0.25, 0.3) is 0 Å². The van der Waals surface area contributed by atoms with Crippen molar-refractivity contribution in [3.63, 3.8) is 0 Å². The van der Waals surface area contributed by atoms with Crippen molar-refractivity contribution in [3.8, 4) is 0 Å². The molecule has 11 rings (SSSR count). The number of hydrogen-bond acceptors (Lipinski definition) is 3. The summed E-state index contributed by atoms with van der Waals surface area (Å²) >= 11 is 17.4. The highest BCUT2D eigenvalue weighted by Crippen LogP contribution is 2.67. The van der Waals surface area contributed by atoms with E-state index >= 15 is 0 Å². The Hall–Kier alpha value is -1.46. The minimum atomic E-state index is -3.44. The Morgan fingerprint density at radius 3 is 1.21 bits per heavy atom. The third-order valence-corrected chi connectivity index (χ3v) is 20.1. The summed E-state index contributed by atoms with van der Waals surface area (Å²) in [6.07, 6.45) is 18.8. The third kappa shape index (κ3) is 6.03. The van der Waals surface area contributed by atoms with Gasteiger partial charge in [-0.15, -0.1) is 22.2 Å². The van der Waals surface area contributed by atoms with Gasteiger partial charge in [-0.1, -0.05) is 91.8 Å². The van der Waals surface area contributed by atoms with Gasteiger partial charge in [0.2, 0.25) is 6.67 Å². The number of halogens is 2. The average molecular weight is 771 g/mol. The molecule has 2 radical (unpaired) electrons. The largest absolute Gasteiger partial charge is 0.375 e. The first kappa shape index (κ1) is 37.1. The quantitative estimate of drug-likeness (QED) is 0.176. The van der Waals surface area contributed by atoms with E-state index < -0.39 is 6.86 Å². The maximum Gasteiger partial charge on any atom is 0.375 e. The Morgan fingerprint density at radius 1 is 0.566 bits per heavy atom. The first-order valence-corrected chi connectivity index (χ1v) is 25.7. The zero-order chi connectivity index (χ0) is 37.2. The maximum absolute atomic E-state index is 8.70. The second-order valence-corrected chi connectivity index (χ2v) is 26.6. The molecule has 8 saturated carbocycles. The fraction of sp³-hybridized carbons (Fsp3) is 0.681. The lowest BCUT2D eigenvalue weighted by Gasteiger charge is -2.70. The van der Waals surface area contributed by atoms with E-state index in [2.05, 4.69) is 119 Å². The molecule has 8 bridgehead atoms. The fourth-order valence-corrected chi connectivity index (χ4v) is 20.0. The molecule has 1 aliphatic heterocycles. The van der Waals surface area contributed by atoms with Gasteiger partial charge in [0.1, 0.15) is 0 Å². The summed E-state index contributed by atoms with van der Waals surface area (Å²) in [7, 11) is 0. The van der Waals surface area contributed by atoms with Gasteiger partial charge in [-0.05, 0) is 158 Å². The van der Waals surface area contributed by atoms with Crippen molar-refractivity contribution in [1.29, 1.82) is 0 Å². The van der Waals surface area contributed by atoms with E-state index in [4.69, 9.17) is 22.2 Å². The van der Waals surface area contributed by atoms with Crippen LogP contribution < -0.4 is 9.80 Å². The molecule has 0 atom stereocenters. The lowest BCUT2D eigenvalue weighted by atomic mass is 9.49. The number of rotatable bonds is 10. The Bertz CT molecular complexity index is 1590. The van der Waals surface area contributed by atoms with Crippen molar-refractivity contribution in [3.05, 3.63) is 76.8 Å². The van der Waals surface area contributed by atoms with Gasteiger partial charge in [-0.3, -0.25) is 4.57 Å². The molecule has 2 aromatic rings. The van der Waals surface area contributed by atoms with E-state index in [1.54, 1.807) is 0 Å². The van der Waals surface area contributed by atoms with Gasteiger partial charge in [0.05, 0.1) is 16.7 Å². The van der Waals surface area contributed by atoms with Gasteiger partial charge >= 0.3 is 6.86 Å². The molecule has 0 spiro atoms. The van der Waals surface area contributed by atoms with Crippen molar-refractivity contribution >= 4 is 40.4 Å². The molecule has 1 heterocycles. The summed E-state index contributed by atoms with van der Waals surface area (Å²) in [5.74, 6) is 6.43. The lowest BCUT2D eigenvalue weighted by Crippen LogP contribution is -2.76. The second kappa shape index (κ2) is 13.3. The van der Waals surface area contributed by atoms with Crippen LogP contribution in [0.2, 0.25) is 0 Å². The van der Waals surface area contributed by atoms with E-state index in [0.29, 0.717) is 23.7 Å². The highest BCUT2D eigenvalue weighted by Gasteiger charge is 2.68. The Morgan fingerprint density at radius 2 is 0.887 bits per heavy atom. The number of hydrogen-bond donors (Lipinski definition) is 0. The van der Waals surface area contributed by atoms with E-state index in [-0.39, 0.29) is 11.1 Å². The van der Waals surface area contributed by atoms with Gasteiger partial charge in [0.25, 0.3) is 0 Å². The molecule has 8 aliphatic carbocycles. The van der Waals surface area contributed by atoms with Gasteiger partial charge in [-0.25, -0.2) is 0 Å². The van der Waals surface area contributed by atoms with Crippen LogP contribution in [0.15, 0.2) is 47.9 Å².